The molecule has 0 radical (unpaired) electrons. The molecule has 1 saturated carbocycles. The molecule has 1 aliphatic carbocycles. The molecular weight excluding hydrogens is 254 g/mol. The van der Waals surface area contributed by atoms with Crippen LogP contribution in [0.2, 0.25) is 0 Å². The molecule has 5 heteroatoms. The van der Waals surface area contributed by atoms with Gasteiger partial charge in [-0.05, 0) is 19.8 Å². The molecule has 1 aliphatic rings. The molecule has 2 unspecified atom stereocenters. The molecule has 0 bridgehead atoms. The maximum atomic E-state index is 10.2. The van der Waals surface area contributed by atoms with Gasteiger partial charge >= 0.3 is 0 Å². The van der Waals surface area contributed by atoms with Gasteiger partial charge in [-0.1, -0.05) is 19.8 Å². The quantitative estimate of drug-likeness (QED) is 0.863. The zero-order chi connectivity index (χ0) is 14.8. The highest BCUT2D eigenvalue weighted by Crippen LogP contribution is 2.35. The Morgan fingerprint density at radius 1 is 1.50 bits per heavy atom. The number of rotatable bonds is 5. The second-order valence-electron chi connectivity index (χ2n) is 6.22. The number of aryl methyl sites for hydroxylation is 2. The molecule has 5 nitrogen and oxygen atoms in total. The fourth-order valence-corrected chi connectivity index (χ4v) is 3.20. The molecule has 0 spiro atoms. The van der Waals surface area contributed by atoms with Gasteiger partial charge in [0.2, 0.25) is 5.88 Å². The Morgan fingerprint density at radius 2 is 2.25 bits per heavy atom. The number of methoxy groups -OCH3 is 1. The number of ether oxygens (including phenoxy) is 1. The minimum atomic E-state index is -0.194. The topological polar surface area (TPSA) is 59.3 Å². The lowest BCUT2D eigenvalue weighted by Crippen LogP contribution is -2.43. The first kappa shape index (κ1) is 15.3. The Hall–Kier alpha value is -1.07. The Bertz CT molecular complexity index is 458. The van der Waals surface area contributed by atoms with Gasteiger partial charge in [-0.3, -0.25) is 0 Å². The lowest BCUT2D eigenvalue weighted by molar-refractivity contribution is 0.00112. The van der Waals surface area contributed by atoms with Crippen molar-refractivity contribution in [2.45, 2.75) is 52.2 Å². The van der Waals surface area contributed by atoms with Crippen LogP contribution in [-0.4, -0.2) is 34.6 Å². The van der Waals surface area contributed by atoms with Crippen molar-refractivity contribution >= 4 is 0 Å². The molecule has 0 aliphatic heterocycles. The Kier molecular flexibility index (Phi) is 4.70. The molecule has 1 heterocycles. The van der Waals surface area contributed by atoms with Crippen LogP contribution in [0.1, 0.15) is 43.9 Å². The normalized spacial score (nSPS) is 26.8. The summed E-state index contributed by atoms with van der Waals surface area (Å²) in [4.78, 5) is 0. The summed E-state index contributed by atoms with van der Waals surface area (Å²) in [5, 5.41) is 18.1. The first-order chi connectivity index (χ1) is 9.48. The standard InChI is InChI=1S/C15H27N3O2/c1-11-12(14(20-4)18(3)17-11)9-16-10-15(2)8-6-5-7-13(15)19/h13,16,19H,5-10H2,1-4H3. The number of aromatic nitrogens is 2. The van der Waals surface area contributed by atoms with Crippen molar-refractivity contribution in [2.24, 2.45) is 12.5 Å². The summed E-state index contributed by atoms with van der Waals surface area (Å²) < 4.78 is 7.16. The predicted octanol–water partition coefficient (Wildman–Crippen LogP) is 1.77. The van der Waals surface area contributed by atoms with Gasteiger partial charge in [0.1, 0.15) is 0 Å². The van der Waals surface area contributed by atoms with Crippen molar-refractivity contribution in [3.8, 4) is 5.88 Å². The minimum absolute atomic E-state index is 0.0123. The smallest absolute Gasteiger partial charge is 0.216 e. The van der Waals surface area contributed by atoms with Gasteiger partial charge in [0.15, 0.2) is 0 Å². The molecule has 2 rings (SSSR count). The zero-order valence-electron chi connectivity index (χ0n) is 13.1. The lowest BCUT2D eigenvalue weighted by atomic mass is 9.73. The van der Waals surface area contributed by atoms with Crippen molar-refractivity contribution in [2.75, 3.05) is 13.7 Å². The van der Waals surface area contributed by atoms with Crippen LogP contribution >= 0.6 is 0 Å². The van der Waals surface area contributed by atoms with Gasteiger partial charge in [-0.15, -0.1) is 0 Å². The highest BCUT2D eigenvalue weighted by molar-refractivity contribution is 5.30. The maximum absolute atomic E-state index is 10.2. The van der Waals surface area contributed by atoms with E-state index in [0.29, 0.717) is 0 Å². The van der Waals surface area contributed by atoms with E-state index in [1.807, 2.05) is 14.0 Å². The molecule has 2 atom stereocenters. The third-order valence-corrected chi connectivity index (χ3v) is 4.59. The van der Waals surface area contributed by atoms with Crippen LogP contribution < -0.4 is 10.1 Å². The molecule has 114 valence electrons. The molecule has 0 amide bonds. The average Bonchev–Trinajstić information content (AvgIpc) is 2.67. The number of nitrogens with zero attached hydrogens (tertiary/aromatic N) is 2. The van der Waals surface area contributed by atoms with Crippen LogP contribution in [0.25, 0.3) is 0 Å². The number of hydrogen-bond acceptors (Lipinski definition) is 4. The van der Waals surface area contributed by atoms with Gasteiger partial charge in [0, 0.05) is 25.6 Å². The predicted molar refractivity (Wildman–Crippen MR) is 78.8 cm³/mol. The van der Waals surface area contributed by atoms with Gasteiger partial charge in [0.05, 0.1) is 24.5 Å². The van der Waals surface area contributed by atoms with Crippen molar-refractivity contribution in [1.82, 2.24) is 15.1 Å². The van der Waals surface area contributed by atoms with Crippen LogP contribution in [0, 0.1) is 12.3 Å². The highest BCUT2D eigenvalue weighted by Gasteiger charge is 2.34. The van der Waals surface area contributed by atoms with E-state index in [1.54, 1.807) is 11.8 Å². The number of hydrogen-bond donors (Lipinski definition) is 2. The third kappa shape index (κ3) is 2.99. The van der Waals surface area contributed by atoms with E-state index in [2.05, 4.69) is 17.3 Å². The van der Waals surface area contributed by atoms with Crippen molar-refractivity contribution in [3.05, 3.63) is 11.3 Å². The molecule has 20 heavy (non-hydrogen) atoms. The first-order valence-electron chi connectivity index (χ1n) is 7.43. The summed E-state index contributed by atoms with van der Waals surface area (Å²) in [6.45, 7) is 5.73. The van der Waals surface area contributed by atoms with Crippen LogP contribution in [0.5, 0.6) is 5.88 Å². The second-order valence-corrected chi connectivity index (χ2v) is 6.22. The fraction of sp³-hybridized carbons (Fsp3) is 0.800. The molecule has 1 fully saturated rings. The van der Waals surface area contributed by atoms with Gasteiger partial charge in [-0.25, -0.2) is 4.68 Å². The van der Waals surface area contributed by atoms with Crippen LogP contribution in [0.4, 0.5) is 0 Å². The first-order valence-corrected chi connectivity index (χ1v) is 7.43. The molecule has 0 saturated heterocycles. The van der Waals surface area contributed by atoms with Crippen LogP contribution in [-0.2, 0) is 13.6 Å². The molecule has 2 N–H and O–H groups in total. The maximum Gasteiger partial charge on any atom is 0.216 e. The van der Waals surface area contributed by atoms with Crippen LogP contribution in [0.15, 0.2) is 0 Å². The second kappa shape index (κ2) is 6.14. The molecule has 0 aromatic carbocycles. The van der Waals surface area contributed by atoms with Crippen molar-refractivity contribution < 1.29 is 9.84 Å². The molecule has 1 aromatic rings. The minimum Gasteiger partial charge on any atom is -0.481 e. The van der Waals surface area contributed by atoms with E-state index in [-0.39, 0.29) is 11.5 Å². The summed E-state index contributed by atoms with van der Waals surface area (Å²) in [5.41, 5.74) is 2.08. The fourth-order valence-electron chi connectivity index (χ4n) is 3.20. The number of nitrogens with one attached hydrogen (secondary N) is 1. The van der Waals surface area contributed by atoms with E-state index in [1.165, 1.54) is 6.42 Å². The SMILES string of the molecule is COc1c(CNCC2(C)CCCCC2O)c(C)nn1C. The number of aliphatic hydroxyl groups excluding tert-OH is 1. The van der Waals surface area contributed by atoms with Gasteiger partial charge in [0.25, 0.3) is 0 Å². The van der Waals surface area contributed by atoms with Gasteiger partial charge < -0.3 is 15.2 Å². The van der Waals surface area contributed by atoms with Gasteiger partial charge in [-0.2, -0.15) is 5.10 Å². The summed E-state index contributed by atoms with van der Waals surface area (Å²) in [7, 11) is 3.56. The lowest BCUT2D eigenvalue weighted by Gasteiger charge is -2.38. The van der Waals surface area contributed by atoms with E-state index in [9.17, 15) is 5.11 Å². The monoisotopic (exact) mass is 281 g/mol. The largest absolute Gasteiger partial charge is 0.481 e. The van der Waals surface area contributed by atoms with E-state index >= 15 is 0 Å². The third-order valence-electron chi connectivity index (χ3n) is 4.59. The number of aliphatic hydroxyl groups is 1. The van der Waals surface area contributed by atoms with E-state index in [0.717, 1.165) is 49.5 Å². The summed E-state index contributed by atoms with van der Waals surface area (Å²) in [5.74, 6) is 0.810. The summed E-state index contributed by atoms with van der Waals surface area (Å²) in [6, 6.07) is 0. The van der Waals surface area contributed by atoms with Crippen molar-refractivity contribution in [1.29, 1.82) is 0 Å². The Morgan fingerprint density at radius 3 is 2.90 bits per heavy atom. The van der Waals surface area contributed by atoms with Crippen molar-refractivity contribution in [3.63, 3.8) is 0 Å². The van der Waals surface area contributed by atoms with E-state index in [4.69, 9.17) is 4.74 Å². The average molecular weight is 281 g/mol. The Balaban J connectivity index is 1.96. The summed E-state index contributed by atoms with van der Waals surface area (Å²) in [6.07, 6.45) is 4.18. The zero-order valence-corrected chi connectivity index (χ0v) is 13.1. The Labute approximate surface area is 121 Å². The summed E-state index contributed by atoms with van der Waals surface area (Å²) >= 11 is 0. The van der Waals surface area contributed by atoms with E-state index < -0.39 is 0 Å². The highest BCUT2D eigenvalue weighted by atomic mass is 16.5. The van der Waals surface area contributed by atoms with Crippen LogP contribution in [0.3, 0.4) is 0 Å². The molecule has 1 aromatic heterocycles. The molecular formula is C15H27N3O2.